The van der Waals surface area contributed by atoms with Crippen molar-refractivity contribution in [3.05, 3.63) is 72.6 Å². The van der Waals surface area contributed by atoms with Crippen LogP contribution in [-0.2, 0) is 10.0 Å². The lowest BCUT2D eigenvalue weighted by Crippen LogP contribution is -2.29. The van der Waals surface area contributed by atoms with Gasteiger partial charge < -0.3 is 0 Å². The molecule has 0 fully saturated rings. The molecule has 2 N–H and O–H groups in total. The van der Waals surface area contributed by atoms with E-state index >= 15 is 0 Å². The Hall–Kier alpha value is -3.55. The SMILES string of the molecule is CC1=NN(c2ccccc2)C(=N)C1C(=S)SN=Nc1ccc(S(=O)(=O)Nc2nccc(C)n2)cc1. The van der Waals surface area contributed by atoms with E-state index in [4.69, 9.17) is 17.6 Å². The van der Waals surface area contributed by atoms with Crippen molar-refractivity contribution in [3.8, 4) is 0 Å². The number of aryl methyl sites for hydroxylation is 1. The first-order valence-corrected chi connectivity index (χ1v) is 12.9. The lowest BCUT2D eigenvalue weighted by atomic mass is 10.1. The van der Waals surface area contributed by atoms with Crippen LogP contribution in [-0.4, -0.2) is 34.1 Å². The summed E-state index contributed by atoms with van der Waals surface area (Å²) in [6.07, 6.45) is 1.48. The minimum Gasteiger partial charge on any atom is -0.286 e. The Morgan fingerprint density at radius 2 is 1.83 bits per heavy atom. The van der Waals surface area contributed by atoms with Gasteiger partial charge in [0.1, 0.15) is 11.8 Å². The second kappa shape index (κ2) is 10.4. The van der Waals surface area contributed by atoms with Crippen molar-refractivity contribution in [2.75, 3.05) is 9.73 Å². The maximum Gasteiger partial charge on any atom is 0.264 e. The molecule has 0 saturated carbocycles. The summed E-state index contributed by atoms with van der Waals surface area (Å²) in [5.74, 6) is -0.210. The molecular formula is C22H20N8O2S3. The number of anilines is 2. The highest BCUT2D eigenvalue weighted by atomic mass is 32.2. The second-order valence-electron chi connectivity index (χ2n) is 7.42. The Kier molecular flexibility index (Phi) is 7.28. The fourth-order valence-electron chi connectivity index (χ4n) is 3.17. The van der Waals surface area contributed by atoms with Crippen molar-refractivity contribution in [3.63, 3.8) is 0 Å². The normalized spacial score (nSPS) is 15.9. The Morgan fingerprint density at radius 1 is 1.11 bits per heavy atom. The van der Waals surface area contributed by atoms with Gasteiger partial charge in [0.2, 0.25) is 5.95 Å². The predicted molar refractivity (Wildman–Crippen MR) is 142 cm³/mol. The summed E-state index contributed by atoms with van der Waals surface area (Å²) < 4.78 is 32.0. The molecule has 0 radical (unpaired) electrons. The molecule has 10 nitrogen and oxygen atoms in total. The van der Waals surface area contributed by atoms with Gasteiger partial charge in [-0.2, -0.15) is 5.10 Å². The number of rotatable bonds is 7. The summed E-state index contributed by atoms with van der Waals surface area (Å²) in [6, 6.07) is 17.0. The van der Waals surface area contributed by atoms with E-state index in [9.17, 15) is 8.42 Å². The van der Waals surface area contributed by atoms with Crippen LogP contribution in [0, 0.1) is 18.3 Å². The third kappa shape index (κ3) is 5.75. The molecule has 3 aromatic rings. The van der Waals surface area contributed by atoms with Crippen molar-refractivity contribution in [2.45, 2.75) is 18.7 Å². The summed E-state index contributed by atoms with van der Waals surface area (Å²) in [5, 5.41) is 18.6. The predicted octanol–water partition coefficient (Wildman–Crippen LogP) is 5.13. The number of nitrogens with zero attached hydrogens (tertiary/aromatic N) is 6. The summed E-state index contributed by atoms with van der Waals surface area (Å²) in [6.45, 7) is 3.56. The average Bonchev–Trinajstić information content (AvgIpc) is 3.13. The maximum absolute atomic E-state index is 12.6. The molecule has 1 atom stereocenters. The van der Waals surface area contributed by atoms with E-state index in [-0.39, 0.29) is 16.7 Å². The Morgan fingerprint density at radius 3 is 2.51 bits per heavy atom. The van der Waals surface area contributed by atoms with Crippen LogP contribution in [0.3, 0.4) is 0 Å². The number of sulfonamides is 1. The number of hydrogen-bond acceptors (Lipinski definition) is 10. The minimum absolute atomic E-state index is 0.000759. The van der Waals surface area contributed by atoms with Crippen molar-refractivity contribution < 1.29 is 8.42 Å². The van der Waals surface area contributed by atoms with Crippen molar-refractivity contribution in [1.82, 2.24) is 9.97 Å². The smallest absolute Gasteiger partial charge is 0.264 e. The second-order valence-corrected chi connectivity index (χ2v) is 10.6. The van der Waals surface area contributed by atoms with Gasteiger partial charge in [-0.3, -0.25) is 5.41 Å². The van der Waals surface area contributed by atoms with E-state index in [2.05, 4.69) is 29.4 Å². The first-order chi connectivity index (χ1) is 16.7. The van der Waals surface area contributed by atoms with Gasteiger partial charge in [-0.15, -0.1) is 9.63 Å². The van der Waals surface area contributed by atoms with Crippen molar-refractivity contribution in [2.24, 2.45) is 20.7 Å². The Bertz CT molecular complexity index is 1420. The number of hydrazone groups is 1. The number of nitrogens with one attached hydrogen (secondary N) is 2. The molecule has 0 saturated heterocycles. The molecule has 4 rings (SSSR count). The standard InChI is InChI=1S/C22H20N8O2S3/c1-14-12-13-24-22(25-14)28-35(31,32)18-10-8-16(9-11-18)26-29-34-21(33)19-15(2)27-30(20(19)23)17-6-4-3-5-7-17/h3-13,19,23H,1-2H3,(H,24,25,28). The summed E-state index contributed by atoms with van der Waals surface area (Å²) in [4.78, 5) is 8.00. The van der Waals surface area contributed by atoms with Crippen molar-refractivity contribution in [1.29, 1.82) is 5.41 Å². The highest BCUT2D eigenvalue weighted by molar-refractivity contribution is 8.22. The lowest BCUT2D eigenvalue weighted by Gasteiger charge is -2.16. The molecule has 1 unspecified atom stereocenters. The molecule has 0 spiro atoms. The van der Waals surface area contributed by atoms with Gasteiger partial charge in [-0.1, -0.05) is 30.4 Å². The van der Waals surface area contributed by atoms with Gasteiger partial charge in [0.15, 0.2) is 0 Å². The maximum atomic E-state index is 12.6. The summed E-state index contributed by atoms with van der Waals surface area (Å²) in [5.41, 5.74) is 2.58. The highest BCUT2D eigenvalue weighted by Gasteiger charge is 2.34. The van der Waals surface area contributed by atoms with E-state index in [1.165, 1.54) is 30.5 Å². The molecular weight excluding hydrogens is 504 g/mol. The first kappa shape index (κ1) is 24.6. The van der Waals surface area contributed by atoms with Crippen LogP contribution in [0.5, 0.6) is 0 Å². The van der Waals surface area contributed by atoms with Crippen LogP contribution in [0.4, 0.5) is 17.3 Å². The quantitative estimate of drug-likeness (QED) is 0.248. The number of aromatic nitrogens is 2. The van der Waals surface area contributed by atoms with Crippen LogP contribution in [0.2, 0.25) is 0 Å². The van der Waals surface area contributed by atoms with Gasteiger partial charge >= 0.3 is 0 Å². The van der Waals surface area contributed by atoms with Crippen LogP contribution < -0.4 is 9.73 Å². The minimum atomic E-state index is -3.85. The molecule has 0 aliphatic carbocycles. The highest BCUT2D eigenvalue weighted by Crippen LogP contribution is 2.29. The molecule has 1 aromatic heterocycles. The fraction of sp³-hybridized carbons (Fsp3) is 0.136. The van der Waals surface area contributed by atoms with Crippen LogP contribution >= 0.6 is 24.2 Å². The van der Waals surface area contributed by atoms with Crippen molar-refractivity contribution >= 4 is 67.3 Å². The number of benzene rings is 2. The summed E-state index contributed by atoms with van der Waals surface area (Å²) in [7, 11) is -3.85. The monoisotopic (exact) mass is 524 g/mol. The van der Waals surface area contributed by atoms with Crippen LogP contribution in [0.1, 0.15) is 12.6 Å². The summed E-state index contributed by atoms with van der Waals surface area (Å²) >= 11 is 6.47. The zero-order valence-corrected chi connectivity index (χ0v) is 21.1. The Labute approximate surface area is 212 Å². The van der Waals surface area contributed by atoms with Gasteiger partial charge in [0.25, 0.3) is 10.0 Å². The number of hydrogen-bond donors (Lipinski definition) is 2. The van der Waals surface area contributed by atoms with E-state index in [0.717, 1.165) is 17.6 Å². The topological polar surface area (TPSA) is 136 Å². The van der Waals surface area contributed by atoms with Crippen LogP contribution in [0.25, 0.3) is 0 Å². The average molecular weight is 525 g/mol. The molecule has 178 valence electrons. The zero-order valence-electron chi connectivity index (χ0n) is 18.7. The fourth-order valence-corrected chi connectivity index (χ4v) is 5.10. The van der Waals surface area contributed by atoms with Gasteiger partial charge in [-0.25, -0.2) is 28.1 Å². The molecule has 1 aliphatic rings. The van der Waals surface area contributed by atoms with E-state index < -0.39 is 15.9 Å². The molecule has 2 heterocycles. The number of thiocarbonyl (C=S) groups is 1. The third-order valence-corrected chi connectivity index (χ3v) is 7.25. The molecule has 13 heteroatoms. The van der Waals surface area contributed by atoms with E-state index in [0.29, 0.717) is 21.3 Å². The van der Waals surface area contributed by atoms with Gasteiger partial charge in [-0.05, 0) is 56.3 Å². The van der Waals surface area contributed by atoms with Gasteiger partial charge in [0, 0.05) is 23.8 Å². The third-order valence-electron chi connectivity index (χ3n) is 4.87. The molecule has 35 heavy (non-hydrogen) atoms. The number of amidine groups is 1. The molecule has 1 aliphatic heterocycles. The molecule has 0 bridgehead atoms. The largest absolute Gasteiger partial charge is 0.286 e. The zero-order chi connectivity index (χ0) is 25.0. The van der Waals surface area contributed by atoms with E-state index in [1.54, 1.807) is 18.0 Å². The molecule has 0 amide bonds. The number of para-hydroxylation sites is 1. The van der Waals surface area contributed by atoms with Gasteiger partial charge in [0.05, 0.1) is 26.2 Å². The molecule has 2 aromatic carbocycles. The Balaban J connectivity index is 1.38. The van der Waals surface area contributed by atoms with E-state index in [1.807, 2.05) is 37.3 Å². The van der Waals surface area contributed by atoms with Crippen LogP contribution in [0.15, 0.2) is 86.5 Å². The lowest BCUT2D eigenvalue weighted by molar-refractivity contribution is 0.601. The first-order valence-electron chi connectivity index (χ1n) is 10.3.